The number of rotatable bonds is 3. The van der Waals surface area contributed by atoms with Crippen LogP contribution < -0.4 is 0 Å². The Bertz CT molecular complexity index is 264. The smallest absolute Gasteiger partial charge is 0.129 e. The maximum Gasteiger partial charge on any atom is 0.129 e. The number of hydrogen-bond donors (Lipinski definition) is 1. The van der Waals surface area contributed by atoms with Gasteiger partial charge in [-0.2, -0.15) is 0 Å². The molecule has 0 heterocycles. The van der Waals surface area contributed by atoms with Crippen molar-refractivity contribution in [1.82, 2.24) is 0 Å². The molecule has 1 N–H and O–H groups in total. The van der Waals surface area contributed by atoms with Crippen LogP contribution in [-0.4, -0.2) is 12.4 Å². The average molecular weight is 176 g/mol. The van der Waals surface area contributed by atoms with E-state index in [4.69, 9.17) is 5.11 Å². The predicted octanol–water partition coefficient (Wildman–Crippen LogP) is 1.90. The van der Waals surface area contributed by atoms with Crippen molar-refractivity contribution in [3.63, 3.8) is 0 Å². The molecule has 0 amide bonds. The Morgan fingerprint density at radius 2 is 1.77 bits per heavy atom. The molecule has 0 aliphatic heterocycles. The Morgan fingerprint density at radius 3 is 2.15 bits per heavy atom. The van der Waals surface area contributed by atoms with E-state index >= 15 is 0 Å². The topological polar surface area (TPSA) is 20.2 Å². The number of aliphatic hydroxyl groups excluding tert-OH is 1. The van der Waals surface area contributed by atoms with Crippen LogP contribution in [0.4, 0.5) is 0 Å². The normalized spacial score (nSPS) is 11.4. The van der Waals surface area contributed by atoms with Crippen molar-refractivity contribution in [2.45, 2.75) is 32.6 Å². The van der Waals surface area contributed by atoms with Gasteiger partial charge in [-0.05, 0) is 16.4 Å². The minimum absolute atomic E-state index is 0.132. The van der Waals surface area contributed by atoms with E-state index in [0.717, 1.165) is 12.8 Å². The van der Waals surface area contributed by atoms with Crippen molar-refractivity contribution in [2.75, 3.05) is 0 Å². The molecule has 0 aromatic heterocycles. The second-order valence-corrected chi connectivity index (χ2v) is 4.09. The third kappa shape index (κ3) is 2.34. The number of benzene rings is 1. The molecule has 0 aliphatic rings. The first-order chi connectivity index (χ1) is 6.10. The molecule has 0 unspecified atom stereocenters. The fraction of sp³-hybridized carbons (Fsp3) is 0.455. The summed E-state index contributed by atoms with van der Waals surface area (Å²) in [5.74, 6) is 0. The van der Waals surface area contributed by atoms with Gasteiger partial charge in [0.15, 0.2) is 0 Å². The molecule has 1 aromatic rings. The molecule has 13 heavy (non-hydrogen) atoms. The first-order valence-electron chi connectivity index (χ1n) is 4.80. The lowest BCUT2D eigenvalue weighted by Gasteiger charge is -2.22. The molecule has 1 nitrogen and oxygen atoms in total. The molecule has 0 spiro atoms. The van der Waals surface area contributed by atoms with Crippen molar-refractivity contribution in [1.29, 1.82) is 0 Å². The Kier molecular flexibility index (Phi) is 3.15. The van der Waals surface area contributed by atoms with E-state index in [1.165, 1.54) is 5.56 Å². The van der Waals surface area contributed by atoms with Gasteiger partial charge in [0.1, 0.15) is 7.28 Å². The van der Waals surface area contributed by atoms with Crippen molar-refractivity contribution in [2.24, 2.45) is 0 Å². The van der Waals surface area contributed by atoms with Crippen LogP contribution in [0.2, 0.25) is 6.82 Å². The second kappa shape index (κ2) is 3.97. The van der Waals surface area contributed by atoms with Gasteiger partial charge in [-0.3, -0.25) is 0 Å². The molecular weight excluding hydrogens is 159 g/mol. The van der Waals surface area contributed by atoms with Crippen molar-refractivity contribution in [3.8, 4) is 0 Å². The van der Waals surface area contributed by atoms with Gasteiger partial charge in [0.25, 0.3) is 0 Å². The molecule has 2 heteroatoms. The summed E-state index contributed by atoms with van der Waals surface area (Å²) < 4.78 is 0. The van der Waals surface area contributed by atoms with Crippen LogP contribution in [0.3, 0.4) is 0 Å². The molecular formula is C11H17BO. The van der Waals surface area contributed by atoms with Crippen molar-refractivity contribution in [3.05, 3.63) is 35.4 Å². The summed E-state index contributed by atoms with van der Waals surface area (Å²) in [6.45, 7) is 6.80. The lowest BCUT2D eigenvalue weighted by molar-refractivity contribution is 0.282. The first-order valence-corrected chi connectivity index (χ1v) is 4.80. The van der Waals surface area contributed by atoms with Gasteiger partial charge in [0.2, 0.25) is 0 Å². The molecule has 1 aromatic carbocycles. The van der Waals surface area contributed by atoms with Crippen LogP contribution in [0.1, 0.15) is 25.0 Å². The lowest BCUT2D eigenvalue weighted by atomic mass is 9.53. The van der Waals surface area contributed by atoms with Gasteiger partial charge in [0, 0.05) is 0 Å². The summed E-state index contributed by atoms with van der Waals surface area (Å²) in [4.78, 5) is 0. The monoisotopic (exact) mass is 176 g/mol. The van der Waals surface area contributed by atoms with Gasteiger partial charge in [-0.15, -0.1) is 0 Å². The zero-order chi connectivity index (χ0) is 9.90. The molecule has 0 saturated heterocycles. The van der Waals surface area contributed by atoms with Crippen LogP contribution in [0.25, 0.3) is 0 Å². The van der Waals surface area contributed by atoms with E-state index in [1.54, 1.807) is 0 Å². The zero-order valence-electron chi connectivity index (χ0n) is 8.67. The number of hydrogen-bond acceptors (Lipinski definition) is 1. The fourth-order valence-electron chi connectivity index (χ4n) is 1.27. The summed E-state index contributed by atoms with van der Waals surface area (Å²) in [5, 5.41) is 9.13. The van der Waals surface area contributed by atoms with Crippen molar-refractivity contribution >= 4 is 7.28 Å². The largest absolute Gasteiger partial charge is 0.392 e. The minimum Gasteiger partial charge on any atom is -0.392 e. The first kappa shape index (κ1) is 10.3. The molecule has 70 valence electrons. The molecule has 0 aliphatic carbocycles. The van der Waals surface area contributed by atoms with E-state index < -0.39 is 0 Å². The summed E-state index contributed by atoms with van der Waals surface area (Å²) in [6, 6.07) is 8.20. The van der Waals surface area contributed by atoms with Gasteiger partial charge in [-0.25, -0.2) is 0 Å². The van der Waals surface area contributed by atoms with Gasteiger partial charge >= 0.3 is 0 Å². The highest BCUT2D eigenvalue weighted by Gasteiger charge is 2.18. The molecule has 0 bridgehead atoms. The molecule has 1 rings (SSSR count). The maximum absolute atomic E-state index is 8.89. The zero-order valence-corrected chi connectivity index (χ0v) is 8.67. The number of aliphatic hydroxyl groups is 1. The quantitative estimate of drug-likeness (QED) is 0.697. The fourth-order valence-corrected chi connectivity index (χ4v) is 1.27. The Morgan fingerprint density at radius 1 is 1.23 bits per heavy atom. The summed E-state index contributed by atoms with van der Waals surface area (Å²) >= 11 is 0. The second-order valence-electron chi connectivity index (χ2n) is 4.09. The average Bonchev–Trinajstić information content (AvgIpc) is 2.18. The predicted molar refractivity (Wildman–Crippen MR) is 58.4 cm³/mol. The highest BCUT2D eigenvalue weighted by molar-refractivity contribution is 6.38. The van der Waals surface area contributed by atoms with E-state index in [9.17, 15) is 0 Å². The summed E-state index contributed by atoms with van der Waals surface area (Å²) in [7, 11) is 1.13. The molecule has 0 saturated carbocycles. The lowest BCUT2D eigenvalue weighted by Crippen LogP contribution is -2.23. The molecule has 0 atom stereocenters. The van der Waals surface area contributed by atoms with Crippen LogP contribution in [0.15, 0.2) is 24.3 Å². The Balaban J connectivity index is 2.92. The van der Waals surface area contributed by atoms with Gasteiger partial charge < -0.3 is 5.11 Å². The Hall–Kier alpha value is -0.755. The van der Waals surface area contributed by atoms with Crippen LogP contribution >= 0.6 is 0 Å². The highest BCUT2D eigenvalue weighted by Crippen LogP contribution is 2.21. The maximum atomic E-state index is 8.89. The third-order valence-electron chi connectivity index (χ3n) is 2.80. The molecule has 0 fully saturated rings. The SMILES string of the molecule is CBC(C)(C)c1ccc(CO)cc1. The van der Waals surface area contributed by atoms with Crippen LogP contribution in [0.5, 0.6) is 0 Å². The van der Waals surface area contributed by atoms with Crippen molar-refractivity contribution < 1.29 is 5.11 Å². The van der Waals surface area contributed by atoms with Crippen LogP contribution in [0, 0.1) is 0 Å². The summed E-state index contributed by atoms with van der Waals surface area (Å²) in [5.41, 5.74) is 2.32. The van der Waals surface area contributed by atoms with E-state index in [2.05, 4.69) is 32.8 Å². The van der Waals surface area contributed by atoms with Gasteiger partial charge in [-0.1, -0.05) is 44.9 Å². The van der Waals surface area contributed by atoms with Crippen LogP contribution in [-0.2, 0) is 11.9 Å². The highest BCUT2D eigenvalue weighted by atomic mass is 16.3. The van der Waals surface area contributed by atoms with E-state index in [-0.39, 0.29) is 11.9 Å². The standard InChI is InChI=1S/C11H17BO/c1-11(2,12-3)10-6-4-9(8-13)5-7-10/h4-7,12-13H,8H2,1-3H3. The van der Waals surface area contributed by atoms with E-state index in [1.807, 2.05) is 12.1 Å². The third-order valence-corrected chi connectivity index (χ3v) is 2.80. The Labute approximate surface area is 81.0 Å². The molecule has 0 radical (unpaired) electrons. The minimum atomic E-state index is 0.132. The van der Waals surface area contributed by atoms with E-state index in [0.29, 0.717) is 0 Å². The summed E-state index contributed by atoms with van der Waals surface area (Å²) in [6.07, 6.45) is 0. The van der Waals surface area contributed by atoms with Gasteiger partial charge in [0.05, 0.1) is 6.61 Å².